The first-order chi connectivity index (χ1) is 15.1. The van der Waals surface area contributed by atoms with Crippen molar-refractivity contribution < 1.29 is 9.21 Å². The number of amides is 1. The zero-order valence-corrected chi connectivity index (χ0v) is 17.5. The van der Waals surface area contributed by atoms with Crippen molar-refractivity contribution in [2.75, 3.05) is 24.5 Å². The maximum Gasteiger partial charge on any atom is 0.263 e. The third-order valence-electron chi connectivity index (χ3n) is 6.28. The molecular weight excluding hydrogens is 396 g/mol. The van der Waals surface area contributed by atoms with Gasteiger partial charge in [-0.1, -0.05) is 0 Å². The Kier molecular flexibility index (Phi) is 5.09. The van der Waals surface area contributed by atoms with E-state index in [1.807, 2.05) is 29.8 Å². The lowest BCUT2D eigenvalue weighted by atomic mass is 9.83. The molecule has 0 spiro atoms. The summed E-state index contributed by atoms with van der Waals surface area (Å²) in [5.74, 6) is 2.02. The number of furan rings is 1. The van der Waals surface area contributed by atoms with Crippen LogP contribution in [0.2, 0.25) is 0 Å². The molecule has 1 saturated heterocycles. The fraction of sp³-hybridized carbons (Fsp3) is 0.455. The van der Waals surface area contributed by atoms with Gasteiger partial charge in [-0.2, -0.15) is 10.1 Å². The SMILES string of the molecule is Cn1ncnc1N1C[C@@H]2C[C@H](C1)c1ccc(C(=O)NCCCc3ccco3)c(=O)n1C2. The van der Waals surface area contributed by atoms with Crippen LogP contribution in [-0.2, 0) is 20.0 Å². The standard InChI is InChI=1S/C22H26N6O3/c1-26-22(24-14-25-26)27-11-15-10-16(13-27)19-7-6-18(21(30)28(19)12-15)20(29)23-8-2-4-17-5-3-9-31-17/h3,5-7,9,14-16H,2,4,8,10-13H2,1H3,(H,23,29)/t15-,16+/m0/s1. The molecule has 0 radical (unpaired) electrons. The lowest BCUT2D eigenvalue weighted by Gasteiger charge is -2.43. The molecule has 9 nitrogen and oxygen atoms in total. The minimum atomic E-state index is -0.309. The number of piperidine rings is 1. The van der Waals surface area contributed by atoms with Gasteiger partial charge < -0.3 is 19.2 Å². The average Bonchev–Trinajstić information content (AvgIpc) is 3.43. The van der Waals surface area contributed by atoms with Gasteiger partial charge in [0, 0.05) is 51.3 Å². The Morgan fingerprint density at radius 1 is 1.26 bits per heavy atom. The van der Waals surface area contributed by atoms with Gasteiger partial charge >= 0.3 is 0 Å². The summed E-state index contributed by atoms with van der Waals surface area (Å²) >= 11 is 0. The van der Waals surface area contributed by atoms with Gasteiger partial charge in [-0.05, 0) is 43.0 Å². The average molecular weight is 422 g/mol. The summed E-state index contributed by atoms with van der Waals surface area (Å²) in [7, 11) is 1.89. The highest BCUT2D eigenvalue weighted by atomic mass is 16.3. The molecule has 1 N–H and O–H groups in total. The fourth-order valence-corrected chi connectivity index (χ4v) is 4.87. The molecule has 0 saturated carbocycles. The molecule has 2 bridgehead atoms. The van der Waals surface area contributed by atoms with Crippen LogP contribution < -0.4 is 15.8 Å². The summed E-state index contributed by atoms with van der Waals surface area (Å²) in [5.41, 5.74) is 1.03. The topological polar surface area (TPSA) is 98.2 Å². The highest BCUT2D eigenvalue weighted by molar-refractivity contribution is 5.93. The lowest BCUT2D eigenvalue weighted by Crippen LogP contribution is -2.48. The van der Waals surface area contributed by atoms with Crippen LogP contribution in [0.25, 0.3) is 0 Å². The van der Waals surface area contributed by atoms with Crippen LogP contribution in [0.3, 0.4) is 0 Å². The van der Waals surface area contributed by atoms with Crippen LogP contribution in [0, 0.1) is 5.92 Å². The molecule has 3 aromatic rings. The van der Waals surface area contributed by atoms with Crippen LogP contribution in [0.4, 0.5) is 5.95 Å². The zero-order chi connectivity index (χ0) is 21.4. The van der Waals surface area contributed by atoms with E-state index < -0.39 is 0 Å². The number of aryl methyl sites for hydroxylation is 2. The summed E-state index contributed by atoms with van der Waals surface area (Å²) in [4.78, 5) is 32.4. The van der Waals surface area contributed by atoms with E-state index in [9.17, 15) is 9.59 Å². The number of carbonyl (C=O) groups is 1. The van der Waals surface area contributed by atoms with Crippen molar-refractivity contribution in [2.45, 2.75) is 31.7 Å². The van der Waals surface area contributed by atoms with E-state index in [0.717, 1.165) is 49.8 Å². The van der Waals surface area contributed by atoms with Crippen LogP contribution in [0.1, 0.15) is 40.6 Å². The van der Waals surface area contributed by atoms with Crippen LogP contribution in [0.15, 0.2) is 46.1 Å². The minimum Gasteiger partial charge on any atom is -0.469 e. The second kappa shape index (κ2) is 8.05. The molecule has 1 amide bonds. The Balaban J connectivity index is 1.28. The van der Waals surface area contributed by atoms with E-state index >= 15 is 0 Å². The van der Waals surface area contributed by atoms with Crippen molar-refractivity contribution in [1.82, 2.24) is 24.6 Å². The van der Waals surface area contributed by atoms with Crippen molar-refractivity contribution >= 4 is 11.9 Å². The molecule has 2 aliphatic rings. The van der Waals surface area contributed by atoms with Gasteiger partial charge in [0.15, 0.2) is 0 Å². The molecule has 2 aliphatic heterocycles. The Morgan fingerprint density at radius 3 is 2.94 bits per heavy atom. The van der Waals surface area contributed by atoms with E-state index in [1.165, 1.54) is 0 Å². The van der Waals surface area contributed by atoms with E-state index in [2.05, 4.69) is 20.3 Å². The molecular formula is C22H26N6O3. The second-order valence-electron chi connectivity index (χ2n) is 8.41. The number of nitrogens with one attached hydrogen (secondary N) is 1. The fourth-order valence-electron chi connectivity index (χ4n) is 4.87. The van der Waals surface area contributed by atoms with Crippen molar-refractivity contribution in [3.63, 3.8) is 0 Å². The van der Waals surface area contributed by atoms with Crippen LogP contribution >= 0.6 is 0 Å². The molecule has 31 heavy (non-hydrogen) atoms. The van der Waals surface area contributed by atoms with E-state index in [0.29, 0.717) is 19.0 Å². The van der Waals surface area contributed by atoms with Gasteiger partial charge in [-0.3, -0.25) is 9.59 Å². The van der Waals surface area contributed by atoms with Gasteiger partial charge in [0.1, 0.15) is 17.7 Å². The normalized spacial score (nSPS) is 19.8. The molecule has 5 heterocycles. The Morgan fingerprint density at radius 2 is 2.16 bits per heavy atom. The predicted octanol–water partition coefficient (Wildman–Crippen LogP) is 1.56. The molecule has 9 heteroatoms. The predicted molar refractivity (Wildman–Crippen MR) is 114 cm³/mol. The first-order valence-electron chi connectivity index (χ1n) is 10.7. The number of carbonyl (C=O) groups excluding carboxylic acids is 1. The molecule has 3 aromatic heterocycles. The third kappa shape index (κ3) is 3.75. The van der Waals surface area contributed by atoms with Gasteiger partial charge in [-0.15, -0.1) is 0 Å². The summed E-state index contributed by atoms with van der Waals surface area (Å²) in [5, 5.41) is 7.05. The molecule has 0 aromatic carbocycles. The molecule has 1 fully saturated rings. The molecule has 162 valence electrons. The number of fused-ring (bicyclic) bond motifs is 4. The second-order valence-corrected chi connectivity index (χ2v) is 8.41. The van der Waals surface area contributed by atoms with Gasteiger partial charge in [-0.25, -0.2) is 4.68 Å². The first kappa shape index (κ1) is 19.6. The molecule has 0 unspecified atom stereocenters. The van der Waals surface area contributed by atoms with Crippen molar-refractivity contribution in [3.05, 3.63) is 64.2 Å². The maximum absolute atomic E-state index is 13.1. The van der Waals surface area contributed by atoms with Crippen molar-refractivity contribution in [2.24, 2.45) is 13.0 Å². The number of hydrogen-bond acceptors (Lipinski definition) is 6. The number of aromatic nitrogens is 4. The number of hydrogen-bond donors (Lipinski definition) is 1. The molecule has 5 rings (SSSR count). The quantitative estimate of drug-likeness (QED) is 0.606. The number of pyridine rings is 1. The van der Waals surface area contributed by atoms with Crippen molar-refractivity contribution in [3.8, 4) is 0 Å². The summed E-state index contributed by atoms with van der Waals surface area (Å²) in [6.45, 7) is 2.75. The third-order valence-corrected chi connectivity index (χ3v) is 6.28. The monoisotopic (exact) mass is 422 g/mol. The maximum atomic E-state index is 13.1. The highest BCUT2D eigenvalue weighted by Gasteiger charge is 2.36. The smallest absolute Gasteiger partial charge is 0.263 e. The number of anilines is 1. The van der Waals surface area contributed by atoms with Gasteiger partial charge in [0.25, 0.3) is 11.5 Å². The van der Waals surface area contributed by atoms with Crippen LogP contribution in [0.5, 0.6) is 0 Å². The summed E-state index contributed by atoms with van der Waals surface area (Å²) < 4.78 is 8.90. The van der Waals surface area contributed by atoms with Crippen molar-refractivity contribution in [1.29, 1.82) is 0 Å². The van der Waals surface area contributed by atoms with Gasteiger partial charge in [0.05, 0.1) is 6.26 Å². The Bertz CT molecular complexity index is 1130. The van der Waals surface area contributed by atoms with Gasteiger partial charge in [0.2, 0.25) is 5.95 Å². The van der Waals surface area contributed by atoms with Crippen LogP contribution in [-0.4, -0.2) is 44.9 Å². The molecule has 0 aliphatic carbocycles. The molecule has 2 atom stereocenters. The number of nitrogens with zero attached hydrogens (tertiary/aromatic N) is 5. The van der Waals surface area contributed by atoms with E-state index in [1.54, 1.807) is 23.3 Å². The van der Waals surface area contributed by atoms with E-state index in [4.69, 9.17) is 4.42 Å². The number of rotatable bonds is 6. The zero-order valence-electron chi connectivity index (χ0n) is 17.5. The van der Waals surface area contributed by atoms with E-state index in [-0.39, 0.29) is 22.9 Å². The first-order valence-corrected chi connectivity index (χ1v) is 10.7. The lowest BCUT2D eigenvalue weighted by molar-refractivity contribution is 0.0950. The summed E-state index contributed by atoms with van der Waals surface area (Å²) in [6.07, 6.45) is 5.77. The Labute approximate surface area is 179 Å². The summed E-state index contributed by atoms with van der Waals surface area (Å²) in [6, 6.07) is 7.39. The largest absolute Gasteiger partial charge is 0.469 e. The Hall–Kier alpha value is -3.36. The minimum absolute atomic E-state index is 0.192. The highest BCUT2D eigenvalue weighted by Crippen LogP contribution is 2.36.